The molecule has 3 heterocycles. The quantitative estimate of drug-likeness (QED) is 0.816. The van der Waals surface area contributed by atoms with Gasteiger partial charge >= 0.3 is 0 Å². The van der Waals surface area contributed by atoms with Crippen molar-refractivity contribution in [2.24, 2.45) is 0 Å². The number of nitrogens with zero attached hydrogens (tertiary/aromatic N) is 1. The molecule has 1 unspecified atom stereocenters. The predicted octanol–water partition coefficient (Wildman–Crippen LogP) is 4.09. The van der Waals surface area contributed by atoms with Crippen molar-refractivity contribution in [2.45, 2.75) is 44.1 Å². The average Bonchev–Trinajstić information content (AvgIpc) is 3.27. The van der Waals surface area contributed by atoms with Crippen molar-refractivity contribution in [2.75, 3.05) is 19.7 Å². The van der Waals surface area contributed by atoms with E-state index in [9.17, 15) is 0 Å². The molecule has 1 spiro atoms. The van der Waals surface area contributed by atoms with Gasteiger partial charge in [0.25, 0.3) is 0 Å². The van der Waals surface area contributed by atoms with Crippen LogP contribution in [0.25, 0.3) is 0 Å². The van der Waals surface area contributed by atoms with Gasteiger partial charge in [-0.3, -0.25) is 4.90 Å². The van der Waals surface area contributed by atoms with Crippen molar-refractivity contribution in [3.63, 3.8) is 0 Å². The number of thiophene rings is 1. The zero-order chi connectivity index (χ0) is 16.2. The fourth-order valence-corrected chi connectivity index (χ4v) is 4.53. The molecule has 4 heteroatoms. The van der Waals surface area contributed by atoms with Crippen LogP contribution in [0.5, 0.6) is 0 Å². The molecule has 0 bridgehead atoms. The van der Waals surface area contributed by atoms with Gasteiger partial charge in [-0.25, -0.2) is 0 Å². The predicted molar refractivity (Wildman–Crippen MR) is 97.1 cm³/mol. The highest BCUT2D eigenvalue weighted by atomic mass is 32.1. The lowest BCUT2D eigenvalue weighted by atomic mass is 9.88. The molecule has 0 amide bonds. The lowest BCUT2D eigenvalue weighted by molar-refractivity contribution is -0.0467. The third-order valence-electron chi connectivity index (χ3n) is 5.23. The molecule has 2 fully saturated rings. The Morgan fingerprint density at radius 2 is 1.96 bits per heavy atom. The van der Waals surface area contributed by atoms with Gasteiger partial charge in [0.1, 0.15) is 0 Å². The van der Waals surface area contributed by atoms with Crippen LogP contribution in [-0.4, -0.2) is 36.3 Å². The van der Waals surface area contributed by atoms with Gasteiger partial charge in [-0.2, -0.15) is 0 Å². The van der Waals surface area contributed by atoms with Crippen LogP contribution in [0.15, 0.2) is 47.8 Å². The summed E-state index contributed by atoms with van der Waals surface area (Å²) in [7, 11) is 0. The second-order valence-corrected chi connectivity index (χ2v) is 8.00. The van der Waals surface area contributed by atoms with Crippen molar-refractivity contribution in [3.05, 3.63) is 58.3 Å². The highest BCUT2D eigenvalue weighted by molar-refractivity contribution is 7.09. The van der Waals surface area contributed by atoms with Crippen molar-refractivity contribution < 1.29 is 9.47 Å². The fourth-order valence-electron chi connectivity index (χ4n) is 3.79. The summed E-state index contributed by atoms with van der Waals surface area (Å²) >= 11 is 1.85. The Bertz CT molecular complexity index is 620. The van der Waals surface area contributed by atoms with Crippen LogP contribution in [0, 0.1) is 0 Å². The Balaban J connectivity index is 1.24. The Labute approximate surface area is 148 Å². The summed E-state index contributed by atoms with van der Waals surface area (Å²) in [6, 6.07) is 14.8. The molecule has 1 aromatic heterocycles. The molecule has 1 atom stereocenters. The van der Waals surface area contributed by atoms with Crippen LogP contribution >= 0.6 is 11.3 Å². The smallest absolute Gasteiger partial charge is 0.0840 e. The maximum atomic E-state index is 6.22. The van der Waals surface area contributed by atoms with Gasteiger partial charge < -0.3 is 9.47 Å². The van der Waals surface area contributed by atoms with Crippen LogP contribution in [0.4, 0.5) is 0 Å². The number of hydrogen-bond acceptors (Lipinski definition) is 4. The maximum Gasteiger partial charge on any atom is 0.0840 e. The molecule has 1 aromatic carbocycles. The monoisotopic (exact) mass is 343 g/mol. The number of ether oxygens (including phenoxy) is 2. The molecule has 3 nitrogen and oxygen atoms in total. The number of likely N-dealkylation sites (tertiary alicyclic amines) is 1. The number of benzene rings is 1. The zero-order valence-corrected chi connectivity index (χ0v) is 14.8. The van der Waals surface area contributed by atoms with Crippen LogP contribution < -0.4 is 0 Å². The summed E-state index contributed by atoms with van der Waals surface area (Å²) < 4.78 is 12.3. The highest BCUT2D eigenvalue weighted by Crippen LogP contribution is 2.37. The number of hydrogen-bond donors (Lipinski definition) is 0. The number of piperidine rings is 1. The van der Waals surface area contributed by atoms with Gasteiger partial charge in [0.2, 0.25) is 0 Å². The van der Waals surface area contributed by atoms with Crippen molar-refractivity contribution >= 4 is 11.3 Å². The van der Waals surface area contributed by atoms with Gasteiger partial charge in [-0.05, 0) is 29.9 Å². The molecule has 24 heavy (non-hydrogen) atoms. The van der Waals surface area contributed by atoms with Crippen molar-refractivity contribution in [1.29, 1.82) is 0 Å². The van der Waals surface area contributed by atoms with Crippen LogP contribution in [0.3, 0.4) is 0 Å². The minimum absolute atomic E-state index is 0.0628. The van der Waals surface area contributed by atoms with E-state index in [0.717, 1.165) is 45.5 Å². The van der Waals surface area contributed by atoms with E-state index in [4.69, 9.17) is 9.47 Å². The molecular weight excluding hydrogens is 318 g/mol. The molecule has 2 aliphatic heterocycles. The van der Waals surface area contributed by atoms with Gasteiger partial charge in [-0.1, -0.05) is 36.4 Å². The zero-order valence-electron chi connectivity index (χ0n) is 14.0. The lowest BCUT2D eigenvalue weighted by Gasteiger charge is -2.38. The first-order chi connectivity index (χ1) is 11.8. The van der Waals surface area contributed by atoms with E-state index in [2.05, 4.69) is 46.7 Å². The molecule has 2 saturated heterocycles. The maximum absolute atomic E-state index is 6.22. The van der Waals surface area contributed by atoms with Gasteiger partial charge in [-0.15, -0.1) is 11.3 Å². The summed E-state index contributed by atoms with van der Waals surface area (Å²) in [4.78, 5) is 4.01. The van der Waals surface area contributed by atoms with Gasteiger partial charge in [0.05, 0.1) is 24.9 Å². The summed E-state index contributed by atoms with van der Waals surface area (Å²) in [5, 5.41) is 2.16. The molecule has 0 aliphatic carbocycles. The van der Waals surface area contributed by atoms with Crippen LogP contribution in [-0.2, 0) is 22.6 Å². The standard InChI is InChI=1S/C20H25NO2S/c1-2-5-17(6-3-1)15-22-18-13-20(23-16-18)8-10-21(11-9-20)14-19-7-4-12-24-19/h1-7,12,18H,8-11,13-16H2. The molecule has 0 saturated carbocycles. The van der Waals surface area contributed by atoms with E-state index in [0.29, 0.717) is 6.61 Å². The molecule has 128 valence electrons. The largest absolute Gasteiger partial charge is 0.372 e. The first kappa shape index (κ1) is 16.3. The topological polar surface area (TPSA) is 21.7 Å². The SMILES string of the molecule is c1ccc(COC2COC3(CCN(Cc4cccs4)CC3)C2)cc1. The summed E-state index contributed by atoms with van der Waals surface area (Å²) in [5.74, 6) is 0. The van der Waals surface area contributed by atoms with Crippen LogP contribution in [0.1, 0.15) is 29.7 Å². The normalized spacial score (nSPS) is 23.8. The lowest BCUT2D eigenvalue weighted by Crippen LogP contribution is -2.43. The second kappa shape index (κ2) is 7.36. The van der Waals surface area contributed by atoms with Crippen molar-refractivity contribution in [3.8, 4) is 0 Å². The third-order valence-corrected chi connectivity index (χ3v) is 6.09. The first-order valence-electron chi connectivity index (χ1n) is 8.86. The Kier molecular flexibility index (Phi) is 4.99. The fraction of sp³-hybridized carbons (Fsp3) is 0.500. The molecule has 4 rings (SSSR count). The van der Waals surface area contributed by atoms with Crippen molar-refractivity contribution in [1.82, 2.24) is 4.90 Å². The summed E-state index contributed by atoms with van der Waals surface area (Å²) in [6.07, 6.45) is 3.55. The van der Waals surface area contributed by atoms with Crippen LogP contribution in [0.2, 0.25) is 0 Å². The molecule has 2 aromatic rings. The Hall–Kier alpha value is -1.20. The Morgan fingerprint density at radius 3 is 2.71 bits per heavy atom. The first-order valence-corrected chi connectivity index (χ1v) is 9.74. The Morgan fingerprint density at radius 1 is 1.12 bits per heavy atom. The van der Waals surface area contributed by atoms with E-state index in [1.54, 1.807) is 0 Å². The number of rotatable bonds is 5. The highest BCUT2D eigenvalue weighted by Gasteiger charge is 2.43. The summed E-state index contributed by atoms with van der Waals surface area (Å²) in [6.45, 7) is 4.78. The van der Waals surface area contributed by atoms with E-state index in [-0.39, 0.29) is 11.7 Å². The van der Waals surface area contributed by atoms with E-state index in [1.807, 2.05) is 17.4 Å². The van der Waals surface area contributed by atoms with E-state index < -0.39 is 0 Å². The van der Waals surface area contributed by atoms with E-state index in [1.165, 1.54) is 10.4 Å². The second-order valence-electron chi connectivity index (χ2n) is 6.97. The molecular formula is C20H25NO2S. The average molecular weight is 343 g/mol. The molecule has 2 aliphatic rings. The van der Waals surface area contributed by atoms with E-state index >= 15 is 0 Å². The summed E-state index contributed by atoms with van der Waals surface area (Å²) in [5.41, 5.74) is 1.30. The minimum Gasteiger partial charge on any atom is -0.372 e. The van der Waals surface area contributed by atoms with Gasteiger partial charge in [0, 0.05) is 30.9 Å². The molecule has 0 N–H and O–H groups in total. The minimum atomic E-state index is 0.0628. The van der Waals surface area contributed by atoms with Gasteiger partial charge in [0.15, 0.2) is 0 Å². The molecule has 0 radical (unpaired) electrons. The third kappa shape index (κ3) is 3.89.